The summed E-state index contributed by atoms with van der Waals surface area (Å²) in [5.74, 6) is -0.0656. The molecule has 0 aromatic rings. The first kappa shape index (κ1) is 55.6. The Morgan fingerprint density at radius 3 is 1.05 bits per heavy atom. The van der Waals surface area contributed by atoms with Crippen LogP contribution >= 0.6 is 0 Å². The van der Waals surface area contributed by atoms with Crippen molar-refractivity contribution in [2.75, 3.05) is 6.61 Å². The van der Waals surface area contributed by atoms with Gasteiger partial charge >= 0.3 is 0 Å². The highest BCUT2D eigenvalue weighted by Crippen LogP contribution is 2.16. The normalized spacial score (nSPS) is 13.1. The molecule has 0 bridgehead atoms. The Hall–Kier alpha value is -1.39. The molecule has 0 aromatic carbocycles. The lowest BCUT2D eigenvalue weighted by Crippen LogP contribution is -2.45. The van der Waals surface area contributed by atoms with Crippen molar-refractivity contribution in [3.63, 3.8) is 0 Å². The lowest BCUT2D eigenvalue weighted by molar-refractivity contribution is -0.123. The van der Waals surface area contributed by atoms with E-state index in [0.29, 0.717) is 6.42 Å². The number of aliphatic hydroxyl groups is 2. The molecule has 0 saturated heterocycles. The fraction of sp³-hybridized carbons (Fsp3) is 0.868. The molecule has 0 aliphatic heterocycles. The average Bonchev–Trinajstić information content (AvgIpc) is 3.22. The molecule has 4 nitrogen and oxygen atoms in total. The maximum absolute atomic E-state index is 12.4. The quantitative estimate of drug-likeness (QED) is 0.0424. The first-order valence-corrected chi connectivity index (χ1v) is 25.7. The molecule has 4 heteroatoms. The van der Waals surface area contributed by atoms with Crippen LogP contribution in [0, 0.1) is 0 Å². The van der Waals surface area contributed by atoms with E-state index in [1.807, 2.05) is 6.08 Å². The molecule has 0 fully saturated rings. The van der Waals surface area contributed by atoms with Gasteiger partial charge in [0.15, 0.2) is 0 Å². The summed E-state index contributed by atoms with van der Waals surface area (Å²) in [6.45, 7) is 4.33. The van der Waals surface area contributed by atoms with Gasteiger partial charge in [0.2, 0.25) is 5.91 Å². The number of aliphatic hydroxyl groups excluding tert-OH is 2. The number of allylic oxidation sites excluding steroid dienone is 5. The van der Waals surface area contributed by atoms with E-state index in [2.05, 4.69) is 43.5 Å². The number of amides is 1. The predicted octanol–water partition coefficient (Wildman–Crippen LogP) is 16.5. The molecule has 0 saturated carbocycles. The number of carbonyl (C=O) groups excluding carboxylic acids is 1. The minimum atomic E-state index is -0.841. The third-order valence-electron chi connectivity index (χ3n) is 11.9. The van der Waals surface area contributed by atoms with Gasteiger partial charge in [-0.05, 0) is 51.4 Å². The van der Waals surface area contributed by atoms with E-state index in [0.717, 1.165) is 32.1 Å². The van der Waals surface area contributed by atoms with Crippen molar-refractivity contribution >= 4 is 5.91 Å². The second-order valence-corrected chi connectivity index (χ2v) is 17.6. The second-order valence-electron chi connectivity index (χ2n) is 17.6. The Bertz CT molecular complexity index is 866. The molecule has 1 amide bonds. The molecular weight excluding hydrogens is 699 g/mol. The third-order valence-corrected chi connectivity index (χ3v) is 11.9. The minimum absolute atomic E-state index is 0.0656. The van der Waals surface area contributed by atoms with Gasteiger partial charge in [-0.3, -0.25) is 4.79 Å². The smallest absolute Gasteiger partial charge is 0.220 e. The lowest BCUT2D eigenvalue weighted by atomic mass is 10.0. The Kier molecular flexibility index (Phi) is 47.8. The molecule has 2 unspecified atom stereocenters. The number of hydrogen-bond acceptors (Lipinski definition) is 3. The van der Waals surface area contributed by atoms with Crippen LogP contribution in [-0.4, -0.2) is 34.9 Å². The zero-order chi connectivity index (χ0) is 41.4. The van der Waals surface area contributed by atoms with Gasteiger partial charge in [0, 0.05) is 6.42 Å². The minimum Gasteiger partial charge on any atom is -0.394 e. The van der Waals surface area contributed by atoms with E-state index in [1.54, 1.807) is 6.08 Å². The first-order valence-electron chi connectivity index (χ1n) is 25.7. The monoisotopic (exact) mass is 800 g/mol. The zero-order valence-corrected chi connectivity index (χ0v) is 38.6. The second kappa shape index (κ2) is 49.0. The summed E-state index contributed by atoms with van der Waals surface area (Å²) in [6, 6.07) is -0.624. The topological polar surface area (TPSA) is 69.6 Å². The van der Waals surface area contributed by atoms with E-state index in [1.165, 1.54) is 225 Å². The number of unbranched alkanes of at least 4 members (excludes halogenated alkanes) is 36. The molecule has 0 aliphatic carbocycles. The zero-order valence-electron chi connectivity index (χ0n) is 38.6. The molecule has 3 N–H and O–H groups in total. The highest BCUT2D eigenvalue weighted by atomic mass is 16.3. The van der Waals surface area contributed by atoms with Crippen molar-refractivity contribution in [1.82, 2.24) is 5.32 Å². The molecule has 0 heterocycles. The lowest BCUT2D eigenvalue weighted by Gasteiger charge is -2.20. The number of rotatable bonds is 47. The van der Waals surface area contributed by atoms with Gasteiger partial charge in [-0.15, -0.1) is 0 Å². The van der Waals surface area contributed by atoms with Gasteiger partial charge in [0.05, 0.1) is 18.8 Å². The third kappa shape index (κ3) is 45.5. The van der Waals surface area contributed by atoms with Crippen molar-refractivity contribution in [1.29, 1.82) is 0 Å². The summed E-state index contributed by atoms with van der Waals surface area (Å²) < 4.78 is 0. The SMILES string of the molecule is CCCCCCCCCCC/C=C\C/C=C\CCCCCCCCCCCC(=O)NC(CO)C(O)/C=C/CCCCCCCCCCCCCCCCCCCC. The van der Waals surface area contributed by atoms with Crippen molar-refractivity contribution in [2.24, 2.45) is 0 Å². The summed E-state index contributed by atoms with van der Waals surface area (Å²) in [5.41, 5.74) is 0. The maximum Gasteiger partial charge on any atom is 0.220 e. The van der Waals surface area contributed by atoms with Crippen molar-refractivity contribution in [2.45, 2.75) is 289 Å². The Morgan fingerprint density at radius 1 is 0.421 bits per heavy atom. The molecular formula is C53H101NO3. The van der Waals surface area contributed by atoms with Gasteiger partial charge in [0.25, 0.3) is 0 Å². The van der Waals surface area contributed by atoms with E-state index in [4.69, 9.17) is 0 Å². The molecule has 0 aromatic heterocycles. The van der Waals surface area contributed by atoms with Crippen molar-refractivity contribution in [3.05, 3.63) is 36.5 Å². The summed E-state index contributed by atoms with van der Waals surface area (Å²) in [4.78, 5) is 12.4. The Labute approximate surface area is 357 Å². The van der Waals surface area contributed by atoms with Crippen LogP contribution in [0.25, 0.3) is 0 Å². The Morgan fingerprint density at radius 2 is 0.719 bits per heavy atom. The molecule has 0 radical (unpaired) electrons. The summed E-state index contributed by atoms with van der Waals surface area (Å²) in [6.07, 6.45) is 65.6. The highest BCUT2D eigenvalue weighted by Gasteiger charge is 2.18. The van der Waals surface area contributed by atoms with Crippen LogP contribution in [-0.2, 0) is 4.79 Å². The highest BCUT2D eigenvalue weighted by molar-refractivity contribution is 5.76. The van der Waals surface area contributed by atoms with E-state index < -0.39 is 12.1 Å². The van der Waals surface area contributed by atoms with E-state index >= 15 is 0 Å². The van der Waals surface area contributed by atoms with Crippen LogP contribution < -0.4 is 5.32 Å². The van der Waals surface area contributed by atoms with Crippen LogP contribution in [0.3, 0.4) is 0 Å². The van der Waals surface area contributed by atoms with Crippen molar-refractivity contribution < 1.29 is 15.0 Å². The fourth-order valence-electron chi connectivity index (χ4n) is 7.92. The van der Waals surface area contributed by atoms with E-state index in [-0.39, 0.29) is 12.5 Å². The largest absolute Gasteiger partial charge is 0.394 e. The molecule has 2 atom stereocenters. The van der Waals surface area contributed by atoms with Crippen LogP contribution in [0.5, 0.6) is 0 Å². The van der Waals surface area contributed by atoms with Crippen LogP contribution in [0.4, 0.5) is 0 Å². The van der Waals surface area contributed by atoms with Gasteiger partial charge in [-0.2, -0.15) is 0 Å². The number of carbonyl (C=O) groups is 1. The van der Waals surface area contributed by atoms with E-state index in [9.17, 15) is 15.0 Å². The molecule has 0 spiro atoms. The van der Waals surface area contributed by atoms with Crippen LogP contribution in [0.15, 0.2) is 36.5 Å². The maximum atomic E-state index is 12.4. The fourth-order valence-corrected chi connectivity index (χ4v) is 7.92. The van der Waals surface area contributed by atoms with Crippen molar-refractivity contribution in [3.8, 4) is 0 Å². The summed E-state index contributed by atoms with van der Waals surface area (Å²) in [7, 11) is 0. The van der Waals surface area contributed by atoms with Gasteiger partial charge in [0.1, 0.15) is 0 Å². The van der Waals surface area contributed by atoms with Gasteiger partial charge in [-0.1, -0.05) is 256 Å². The molecule has 336 valence electrons. The molecule has 0 aliphatic rings. The molecule has 0 rings (SSSR count). The predicted molar refractivity (Wildman–Crippen MR) is 253 cm³/mol. The molecule has 57 heavy (non-hydrogen) atoms. The Balaban J connectivity index is 3.53. The van der Waals surface area contributed by atoms with Crippen LogP contribution in [0.2, 0.25) is 0 Å². The number of hydrogen-bond donors (Lipinski definition) is 3. The number of nitrogens with one attached hydrogen (secondary N) is 1. The van der Waals surface area contributed by atoms with Crippen LogP contribution in [0.1, 0.15) is 277 Å². The van der Waals surface area contributed by atoms with Gasteiger partial charge < -0.3 is 15.5 Å². The summed E-state index contributed by atoms with van der Waals surface area (Å²) in [5, 5.41) is 23.1. The standard InChI is InChI=1S/C53H101NO3/c1-3-5-7-9-11-13-15-17-19-21-23-25-26-27-28-29-31-33-35-37-39-41-43-45-47-49-53(57)54-51(50-55)52(56)48-46-44-42-40-38-36-34-32-30-24-22-20-18-16-14-12-10-8-6-4-2/h23,25,27-28,46,48,51-52,55-56H,3-22,24,26,29-45,47,49-50H2,1-2H3,(H,54,57)/b25-23-,28-27-,48-46+. The van der Waals surface area contributed by atoms with Gasteiger partial charge in [-0.25, -0.2) is 0 Å². The average molecular weight is 800 g/mol. The summed E-state index contributed by atoms with van der Waals surface area (Å²) >= 11 is 0. The first-order chi connectivity index (χ1) is 28.2.